The van der Waals surface area contributed by atoms with Gasteiger partial charge in [0.05, 0.1) is 0 Å². The minimum absolute atomic E-state index is 0.407. The number of carboxylic acid groups (broad SMARTS) is 1. The maximum atomic E-state index is 10.7. The zero-order valence-electron chi connectivity index (χ0n) is 8.23. The highest BCUT2D eigenvalue weighted by atomic mass is 16.4. The van der Waals surface area contributed by atoms with Crippen LogP contribution in [-0.4, -0.2) is 11.1 Å². The second kappa shape index (κ2) is 2.85. The molecule has 2 bridgehead atoms. The largest absolute Gasteiger partial charge is 0.481 e. The summed E-state index contributed by atoms with van der Waals surface area (Å²) in [7, 11) is 0. The van der Waals surface area contributed by atoms with Gasteiger partial charge in [0.1, 0.15) is 0 Å². The van der Waals surface area contributed by atoms with Gasteiger partial charge in [-0.25, -0.2) is 0 Å². The molecule has 3 aliphatic rings. The van der Waals surface area contributed by atoms with Gasteiger partial charge in [-0.15, -0.1) is 0 Å². The Morgan fingerprint density at radius 3 is 3.00 bits per heavy atom. The lowest BCUT2D eigenvalue weighted by molar-refractivity contribution is -0.138. The Morgan fingerprint density at radius 1 is 1.36 bits per heavy atom. The minimum Gasteiger partial charge on any atom is -0.481 e. The zero-order valence-corrected chi connectivity index (χ0v) is 8.23. The van der Waals surface area contributed by atoms with E-state index >= 15 is 0 Å². The minimum atomic E-state index is -0.606. The van der Waals surface area contributed by atoms with Gasteiger partial charge in [0.2, 0.25) is 0 Å². The van der Waals surface area contributed by atoms with Crippen LogP contribution in [0.3, 0.4) is 0 Å². The summed E-state index contributed by atoms with van der Waals surface area (Å²) in [4.78, 5) is 10.7. The van der Waals surface area contributed by atoms with Gasteiger partial charge >= 0.3 is 5.97 Å². The van der Waals surface area contributed by atoms with Crippen molar-refractivity contribution in [2.45, 2.75) is 25.7 Å². The van der Waals surface area contributed by atoms with Crippen LogP contribution in [0.4, 0.5) is 0 Å². The van der Waals surface area contributed by atoms with Crippen LogP contribution in [0.5, 0.6) is 0 Å². The van der Waals surface area contributed by atoms with Crippen LogP contribution in [0.15, 0.2) is 12.2 Å². The smallest absolute Gasteiger partial charge is 0.303 e. The van der Waals surface area contributed by atoms with E-state index in [0.29, 0.717) is 12.3 Å². The molecule has 3 rings (SSSR count). The van der Waals surface area contributed by atoms with Crippen molar-refractivity contribution in [1.82, 2.24) is 0 Å². The molecule has 0 aliphatic heterocycles. The van der Waals surface area contributed by atoms with Crippen LogP contribution >= 0.6 is 0 Å². The summed E-state index contributed by atoms with van der Waals surface area (Å²) < 4.78 is 0. The lowest BCUT2D eigenvalue weighted by Gasteiger charge is -2.30. The van der Waals surface area contributed by atoms with Crippen molar-refractivity contribution in [3.05, 3.63) is 12.2 Å². The third-order valence-corrected chi connectivity index (χ3v) is 4.58. The summed E-state index contributed by atoms with van der Waals surface area (Å²) in [6.07, 6.45) is 8.77. The van der Waals surface area contributed by atoms with E-state index in [4.69, 9.17) is 5.11 Å². The van der Waals surface area contributed by atoms with Gasteiger partial charge in [-0.2, -0.15) is 0 Å². The second-order valence-electron chi connectivity index (χ2n) is 5.16. The fourth-order valence-corrected chi connectivity index (χ4v) is 4.16. The first-order chi connectivity index (χ1) is 6.75. The van der Waals surface area contributed by atoms with Crippen LogP contribution in [0, 0.1) is 29.6 Å². The summed E-state index contributed by atoms with van der Waals surface area (Å²) >= 11 is 0. The summed E-state index contributed by atoms with van der Waals surface area (Å²) in [5.41, 5.74) is 0. The van der Waals surface area contributed by atoms with Crippen molar-refractivity contribution in [2.24, 2.45) is 29.6 Å². The molecule has 2 heteroatoms. The van der Waals surface area contributed by atoms with Crippen molar-refractivity contribution in [3.8, 4) is 0 Å². The van der Waals surface area contributed by atoms with E-state index in [1.54, 1.807) is 0 Å². The molecule has 3 aliphatic carbocycles. The molecule has 0 spiro atoms. The van der Waals surface area contributed by atoms with Gasteiger partial charge in [0, 0.05) is 6.42 Å². The van der Waals surface area contributed by atoms with E-state index in [1.807, 2.05) is 0 Å². The Balaban J connectivity index is 1.75. The van der Waals surface area contributed by atoms with Gasteiger partial charge in [-0.1, -0.05) is 12.2 Å². The maximum absolute atomic E-state index is 10.7. The van der Waals surface area contributed by atoms with Gasteiger partial charge in [0.15, 0.2) is 0 Å². The Hall–Kier alpha value is -0.790. The maximum Gasteiger partial charge on any atom is 0.303 e. The quantitative estimate of drug-likeness (QED) is 0.682. The van der Waals surface area contributed by atoms with Gasteiger partial charge < -0.3 is 5.11 Å². The third-order valence-electron chi connectivity index (χ3n) is 4.58. The lowest BCUT2D eigenvalue weighted by Crippen LogP contribution is -2.26. The number of hydrogen-bond acceptors (Lipinski definition) is 1. The second-order valence-corrected chi connectivity index (χ2v) is 5.16. The fourth-order valence-electron chi connectivity index (χ4n) is 4.16. The average molecular weight is 192 g/mol. The van der Waals surface area contributed by atoms with Gasteiger partial charge in [-0.3, -0.25) is 4.79 Å². The van der Waals surface area contributed by atoms with E-state index in [2.05, 4.69) is 12.2 Å². The topological polar surface area (TPSA) is 37.3 Å². The first-order valence-electron chi connectivity index (χ1n) is 5.64. The molecule has 0 saturated heterocycles. The first kappa shape index (κ1) is 8.51. The number of carbonyl (C=O) groups is 1. The molecule has 0 amide bonds. The van der Waals surface area contributed by atoms with Crippen molar-refractivity contribution in [3.63, 3.8) is 0 Å². The molecule has 0 heterocycles. The molecule has 0 radical (unpaired) electrons. The van der Waals surface area contributed by atoms with E-state index in [9.17, 15) is 4.79 Å². The molecule has 0 aromatic heterocycles. The van der Waals surface area contributed by atoms with E-state index < -0.39 is 5.97 Å². The molecule has 2 unspecified atom stereocenters. The normalized spacial score (nSPS) is 48.4. The monoisotopic (exact) mass is 192 g/mol. The van der Waals surface area contributed by atoms with Crippen molar-refractivity contribution >= 4 is 5.97 Å². The van der Waals surface area contributed by atoms with Crippen molar-refractivity contribution in [1.29, 1.82) is 0 Å². The number of hydrogen-bond donors (Lipinski definition) is 1. The Morgan fingerprint density at radius 2 is 2.21 bits per heavy atom. The zero-order chi connectivity index (χ0) is 9.71. The summed E-state index contributed by atoms with van der Waals surface area (Å²) in [5.74, 6) is 3.02. The number of fused-ring (bicyclic) bond motifs is 5. The standard InChI is InChI=1S/C12H16O2/c13-12(14)6-8-4-7-5-11(8)10-3-1-2-9(7)10/h1-2,7-11H,3-6H2,(H,13,14)/t7?,8-,9-,10+,11?/m0/s1. The van der Waals surface area contributed by atoms with Crippen LogP contribution in [0.25, 0.3) is 0 Å². The van der Waals surface area contributed by atoms with Crippen LogP contribution in [0.2, 0.25) is 0 Å². The molecule has 0 aromatic rings. The first-order valence-corrected chi connectivity index (χ1v) is 5.64. The van der Waals surface area contributed by atoms with Crippen LogP contribution in [-0.2, 0) is 4.79 Å². The number of allylic oxidation sites excluding steroid dienone is 2. The summed E-state index contributed by atoms with van der Waals surface area (Å²) in [5, 5.41) is 8.83. The van der Waals surface area contributed by atoms with Crippen molar-refractivity contribution < 1.29 is 9.90 Å². The molecule has 76 valence electrons. The van der Waals surface area contributed by atoms with Crippen molar-refractivity contribution in [2.75, 3.05) is 0 Å². The van der Waals surface area contributed by atoms with Gasteiger partial charge in [-0.05, 0) is 48.9 Å². The van der Waals surface area contributed by atoms with Crippen LogP contribution < -0.4 is 0 Å². The molecule has 14 heavy (non-hydrogen) atoms. The molecular weight excluding hydrogens is 176 g/mol. The van der Waals surface area contributed by atoms with E-state index in [1.165, 1.54) is 19.3 Å². The molecule has 2 fully saturated rings. The summed E-state index contributed by atoms with van der Waals surface area (Å²) in [6, 6.07) is 0. The Kier molecular flexibility index (Phi) is 1.73. The number of carboxylic acids is 1. The lowest BCUT2D eigenvalue weighted by atomic mass is 9.74. The number of rotatable bonds is 2. The fraction of sp³-hybridized carbons (Fsp3) is 0.750. The molecule has 5 atom stereocenters. The molecule has 2 nitrogen and oxygen atoms in total. The third kappa shape index (κ3) is 1.06. The highest BCUT2D eigenvalue weighted by Gasteiger charge is 2.52. The van der Waals surface area contributed by atoms with Gasteiger partial charge in [0.25, 0.3) is 0 Å². The molecular formula is C12H16O2. The molecule has 0 aromatic carbocycles. The Labute approximate surface area is 84.0 Å². The SMILES string of the molecule is O=C(O)C[C@@H]1CC2CC1[C@@H]1CC=C[C@@H]21. The number of aliphatic carboxylic acids is 1. The molecule has 1 N–H and O–H groups in total. The average Bonchev–Trinajstić information content (AvgIpc) is 2.68. The molecule has 2 saturated carbocycles. The van der Waals surface area contributed by atoms with E-state index in [0.717, 1.165) is 23.7 Å². The predicted molar refractivity (Wildman–Crippen MR) is 52.7 cm³/mol. The highest BCUT2D eigenvalue weighted by molar-refractivity contribution is 5.67. The van der Waals surface area contributed by atoms with Crippen LogP contribution in [0.1, 0.15) is 25.7 Å². The Bertz CT molecular complexity index is 295. The van der Waals surface area contributed by atoms with E-state index in [-0.39, 0.29) is 0 Å². The predicted octanol–water partition coefficient (Wildman–Crippen LogP) is 2.31. The highest BCUT2D eigenvalue weighted by Crippen LogP contribution is 2.59. The summed E-state index contributed by atoms with van der Waals surface area (Å²) in [6.45, 7) is 0.